The maximum absolute atomic E-state index is 13.8. The Kier molecular flexibility index (Phi) is 7.72. The Balaban J connectivity index is 1.57. The number of anilines is 1. The Hall–Kier alpha value is -3.68. The summed E-state index contributed by atoms with van der Waals surface area (Å²) in [6.45, 7) is -0.512. The second-order valence-electron chi connectivity index (χ2n) is 9.79. The number of carbonyl (C=O) groups excluding carboxylic acids is 2. The van der Waals surface area contributed by atoms with Crippen LogP contribution >= 0.6 is 0 Å². The van der Waals surface area contributed by atoms with Crippen LogP contribution in [0.3, 0.4) is 0 Å². The van der Waals surface area contributed by atoms with Gasteiger partial charge in [0.05, 0.1) is 11.3 Å². The summed E-state index contributed by atoms with van der Waals surface area (Å²) in [5.74, 6) is -3.94. The van der Waals surface area contributed by atoms with E-state index in [4.69, 9.17) is 0 Å². The van der Waals surface area contributed by atoms with Gasteiger partial charge >= 0.3 is 11.9 Å². The van der Waals surface area contributed by atoms with Gasteiger partial charge in [0.1, 0.15) is 12.6 Å². The number of hydrogen-bond donors (Lipinski definition) is 3. The van der Waals surface area contributed by atoms with E-state index in [0.29, 0.717) is 44.2 Å². The molecule has 0 aromatic heterocycles. The van der Waals surface area contributed by atoms with E-state index >= 15 is 0 Å². The van der Waals surface area contributed by atoms with Gasteiger partial charge in [-0.1, -0.05) is 61.4 Å². The lowest BCUT2D eigenvalue weighted by atomic mass is 9.70. The van der Waals surface area contributed by atoms with Crippen molar-refractivity contribution in [2.45, 2.75) is 57.4 Å². The Bertz CT molecular complexity index is 1130. The molecule has 4 rings (SSSR count). The summed E-state index contributed by atoms with van der Waals surface area (Å²) in [5, 5.41) is 22.5. The number of nitrogens with zero attached hydrogens (tertiary/aromatic N) is 1. The number of amides is 2. The van der Waals surface area contributed by atoms with Gasteiger partial charge in [0.2, 0.25) is 11.8 Å². The Morgan fingerprint density at radius 1 is 1.00 bits per heavy atom. The molecule has 1 fully saturated rings. The first-order chi connectivity index (χ1) is 17.3. The average molecular weight is 493 g/mol. The van der Waals surface area contributed by atoms with Gasteiger partial charge in [0, 0.05) is 5.69 Å². The predicted octanol–water partition coefficient (Wildman–Crippen LogP) is 3.43. The van der Waals surface area contributed by atoms with Crippen molar-refractivity contribution in [3.05, 3.63) is 65.7 Å². The van der Waals surface area contributed by atoms with Gasteiger partial charge in [-0.25, -0.2) is 0 Å². The van der Waals surface area contributed by atoms with E-state index in [1.807, 2.05) is 42.5 Å². The first kappa shape index (κ1) is 25.4. The molecule has 1 heterocycles. The van der Waals surface area contributed by atoms with Gasteiger partial charge in [-0.05, 0) is 55.7 Å². The molecule has 2 aromatic carbocycles. The van der Waals surface area contributed by atoms with E-state index in [-0.39, 0.29) is 0 Å². The van der Waals surface area contributed by atoms with Crippen molar-refractivity contribution in [3.8, 4) is 0 Å². The fourth-order valence-corrected chi connectivity index (χ4v) is 5.78. The molecule has 8 nitrogen and oxygen atoms in total. The molecule has 1 aliphatic heterocycles. The summed E-state index contributed by atoms with van der Waals surface area (Å²) in [5.41, 5.74) is 1.28. The number of nitrogens with one attached hydrogen (secondary N) is 1. The number of fused-ring (bicyclic) bond motifs is 1. The van der Waals surface area contributed by atoms with Gasteiger partial charge in [-0.2, -0.15) is 0 Å². The minimum atomic E-state index is -1.15. The third-order valence-corrected chi connectivity index (χ3v) is 7.63. The quantitative estimate of drug-likeness (QED) is 0.493. The van der Waals surface area contributed by atoms with Crippen molar-refractivity contribution < 1.29 is 29.4 Å². The van der Waals surface area contributed by atoms with Crippen molar-refractivity contribution in [2.75, 3.05) is 11.4 Å². The third-order valence-electron chi connectivity index (χ3n) is 7.63. The highest BCUT2D eigenvalue weighted by Gasteiger charge is 2.51. The molecule has 8 heteroatoms. The maximum Gasteiger partial charge on any atom is 0.323 e. The van der Waals surface area contributed by atoms with Gasteiger partial charge in [-0.15, -0.1) is 0 Å². The lowest BCUT2D eigenvalue weighted by molar-refractivity contribution is -0.154. The molecule has 0 radical (unpaired) electrons. The van der Waals surface area contributed by atoms with Crippen molar-refractivity contribution in [1.82, 2.24) is 5.32 Å². The number of aliphatic carboxylic acids is 2. The average Bonchev–Trinajstić information content (AvgIpc) is 3.32. The van der Waals surface area contributed by atoms with Crippen molar-refractivity contribution >= 4 is 29.4 Å². The highest BCUT2D eigenvalue weighted by atomic mass is 16.4. The monoisotopic (exact) mass is 492 g/mol. The van der Waals surface area contributed by atoms with Crippen molar-refractivity contribution in [1.29, 1.82) is 0 Å². The minimum absolute atomic E-state index is 0.315. The summed E-state index contributed by atoms with van der Waals surface area (Å²) in [6, 6.07) is 15.8. The lowest BCUT2D eigenvalue weighted by Crippen LogP contribution is -2.55. The minimum Gasteiger partial charge on any atom is -0.481 e. The molecule has 0 unspecified atom stereocenters. The zero-order valence-corrected chi connectivity index (χ0v) is 20.2. The molecular formula is C28H32N2O6. The van der Waals surface area contributed by atoms with E-state index in [1.54, 1.807) is 12.1 Å². The highest BCUT2D eigenvalue weighted by Crippen LogP contribution is 2.47. The van der Waals surface area contributed by atoms with E-state index < -0.39 is 47.7 Å². The van der Waals surface area contributed by atoms with Crippen LogP contribution in [0.2, 0.25) is 0 Å². The molecule has 2 aromatic rings. The zero-order valence-electron chi connectivity index (χ0n) is 20.2. The third kappa shape index (κ3) is 5.27. The first-order valence-electron chi connectivity index (χ1n) is 12.5. The Labute approximate surface area is 210 Å². The van der Waals surface area contributed by atoms with Crippen LogP contribution in [0.5, 0.6) is 0 Å². The van der Waals surface area contributed by atoms with Gasteiger partial charge in [0.25, 0.3) is 0 Å². The van der Waals surface area contributed by atoms with Crippen LogP contribution in [0.25, 0.3) is 0 Å². The smallest absolute Gasteiger partial charge is 0.323 e. The zero-order chi connectivity index (χ0) is 25.7. The number of carbonyl (C=O) groups is 4. The number of para-hydroxylation sites is 1. The summed E-state index contributed by atoms with van der Waals surface area (Å²) in [7, 11) is 0. The number of rotatable bonds is 9. The normalized spacial score (nSPS) is 19.7. The fraction of sp³-hybridized carbons (Fsp3) is 0.429. The summed E-state index contributed by atoms with van der Waals surface area (Å²) < 4.78 is 0. The molecule has 0 saturated heterocycles. The van der Waals surface area contributed by atoms with Crippen LogP contribution < -0.4 is 10.2 Å². The fourth-order valence-electron chi connectivity index (χ4n) is 5.78. The molecule has 2 amide bonds. The first-order valence-corrected chi connectivity index (χ1v) is 12.5. The summed E-state index contributed by atoms with van der Waals surface area (Å²) in [6.07, 6.45) is 4.06. The molecule has 1 saturated carbocycles. The van der Waals surface area contributed by atoms with Crippen molar-refractivity contribution in [2.24, 2.45) is 11.3 Å². The van der Waals surface area contributed by atoms with Crippen LogP contribution in [0, 0.1) is 11.3 Å². The maximum atomic E-state index is 13.8. The highest BCUT2D eigenvalue weighted by molar-refractivity contribution is 6.03. The SMILES string of the molecule is O=C(O)CN1C(=O)[C@@H](NC(=O)C2([C@@H](CCc3ccccc3)C(=O)O)CCCC2)CCc2ccccc21. The molecule has 2 aliphatic rings. The molecule has 190 valence electrons. The van der Waals surface area contributed by atoms with Crippen LogP contribution in [0.4, 0.5) is 5.69 Å². The molecule has 1 aliphatic carbocycles. The molecular weight excluding hydrogens is 460 g/mol. The number of carboxylic acids is 2. The van der Waals surface area contributed by atoms with Gasteiger partial charge in [0.15, 0.2) is 0 Å². The number of benzene rings is 2. The van der Waals surface area contributed by atoms with Crippen molar-refractivity contribution in [3.63, 3.8) is 0 Å². The number of hydrogen-bond acceptors (Lipinski definition) is 4. The second-order valence-corrected chi connectivity index (χ2v) is 9.79. The predicted molar refractivity (Wildman–Crippen MR) is 133 cm³/mol. The lowest BCUT2D eigenvalue weighted by Gasteiger charge is -2.35. The second kappa shape index (κ2) is 10.9. The Morgan fingerprint density at radius 2 is 1.67 bits per heavy atom. The van der Waals surface area contributed by atoms with E-state index in [0.717, 1.165) is 24.0 Å². The van der Waals surface area contributed by atoms with Crippen LogP contribution in [0.1, 0.15) is 49.7 Å². The standard InChI is InChI=1S/C28H32N2O6/c31-24(32)18-30-23-11-5-4-10-20(23)13-15-22(25(30)33)29-27(36)28(16-6-7-17-28)21(26(34)35)14-12-19-8-2-1-3-9-19/h1-5,8-11,21-22H,6-7,12-18H2,(H,29,36)(H,31,32)(H,34,35)/t21-,22-/m0/s1. The molecule has 3 N–H and O–H groups in total. The van der Waals surface area contributed by atoms with Gasteiger partial charge < -0.3 is 15.5 Å². The summed E-state index contributed by atoms with van der Waals surface area (Å²) >= 11 is 0. The molecule has 36 heavy (non-hydrogen) atoms. The number of carboxylic acid groups (broad SMARTS) is 2. The van der Waals surface area contributed by atoms with E-state index in [1.165, 1.54) is 4.90 Å². The molecule has 0 bridgehead atoms. The van der Waals surface area contributed by atoms with Crippen LogP contribution in [-0.4, -0.2) is 46.6 Å². The van der Waals surface area contributed by atoms with Crippen LogP contribution in [-0.2, 0) is 32.0 Å². The van der Waals surface area contributed by atoms with Gasteiger partial charge in [-0.3, -0.25) is 24.1 Å². The van der Waals surface area contributed by atoms with E-state index in [2.05, 4.69) is 5.32 Å². The molecule has 0 spiro atoms. The van der Waals surface area contributed by atoms with E-state index in [9.17, 15) is 29.4 Å². The largest absolute Gasteiger partial charge is 0.481 e. The Morgan fingerprint density at radius 3 is 2.33 bits per heavy atom. The molecule has 2 atom stereocenters. The summed E-state index contributed by atoms with van der Waals surface area (Å²) in [4.78, 5) is 52.4. The topological polar surface area (TPSA) is 124 Å². The number of aryl methyl sites for hydroxylation is 2. The van der Waals surface area contributed by atoms with Crippen LogP contribution in [0.15, 0.2) is 54.6 Å².